The fourth-order valence-corrected chi connectivity index (χ4v) is 3.41. The molecule has 0 radical (unpaired) electrons. The molecule has 6 heteroatoms. The minimum atomic E-state index is -0.133. The van der Waals surface area contributed by atoms with E-state index in [2.05, 4.69) is 16.8 Å². The lowest BCUT2D eigenvalue weighted by atomic mass is 10.1. The summed E-state index contributed by atoms with van der Waals surface area (Å²) in [5, 5.41) is 3.82. The number of carbonyl (C=O) groups is 1. The van der Waals surface area contributed by atoms with E-state index >= 15 is 0 Å². The molecule has 110 valence electrons. The van der Waals surface area contributed by atoms with E-state index in [-0.39, 0.29) is 5.91 Å². The Bertz CT molecular complexity index is 487. The van der Waals surface area contributed by atoms with Crippen LogP contribution in [0.15, 0.2) is 18.7 Å². The molecule has 1 saturated heterocycles. The van der Waals surface area contributed by atoms with Gasteiger partial charge in [-0.15, -0.1) is 17.9 Å². The number of amides is 1. The fourth-order valence-electron chi connectivity index (χ4n) is 2.37. The van der Waals surface area contributed by atoms with Gasteiger partial charge in [0.2, 0.25) is 0 Å². The normalized spacial score (nSPS) is 18.2. The standard InChI is InChI=1S/C14H21N3O2S/c1-3-5-16-14(18)13-11(15)7-12(20-13)17-6-4-10(8-17)9-19-2/h3,7,10H,1,4-6,8-9,15H2,2H3,(H,16,18). The van der Waals surface area contributed by atoms with Gasteiger partial charge in [-0.25, -0.2) is 0 Å². The molecule has 1 amide bonds. The maximum atomic E-state index is 12.0. The highest BCUT2D eigenvalue weighted by Crippen LogP contribution is 2.35. The average molecular weight is 295 g/mol. The monoisotopic (exact) mass is 295 g/mol. The maximum Gasteiger partial charge on any atom is 0.263 e. The Kier molecular flexibility index (Phi) is 5.03. The fraction of sp³-hybridized carbons (Fsp3) is 0.500. The number of nitrogen functional groups attached to an aromatic ring is 1. The van der Waals surface area contributed by atoms with Crippen molar-refractivity contribution in [2.75, 3.05) is 44.0 Å². The molecule has 20 heavy (non-hydrogen) atoms. The highest BCUT2D eigenvalue weighted by Gasteiger charge is 2.25. The van der Waals surface area contributed by atoms with Crippen LogP contribution in [0.25, 0.3) is 0 Å². The first kappa shape index (κ1) is 14.9. The molecule has 0 spiro atoms. The van der Waals surface area contributed by atoms with Gasteiger partial charge in [-0.1, -0.05) is 6.08 Å². The molecular formula is C14H21N3O2S. The van der Waals surface area contributed by atoms with Crippen LogP contribution in [0.5, 0.6) is 0 Å². The Balaban J connectivity index is 2.04. The minimum absolute atomic E-state index is 0.133. The van der Waals surface area contributed by atoms with E-state index in [1.807, 2.05) is 6.07 Å². The Labute approximate surface area is 123 Å². The van der Waals surface area contributed by atoms with Crippen molar-refractivity contribution in [2.45, 2.75) is 6.42 Å². The summed E-state index contributed by atoms with van der Waals surface area (Å²) in [6.45, 7) is 6.76. The first-order chi connectivity index (χ1) is 9.65. The lowest BCUT2D eigenvalue weighted by molar-refractivity contribution is 0.0963. The summed E-state index contributed by atoms with van der Waals surface area (Å²) in [5.74, 6) is 0.424. The Morgan fingerprint density at radius 3 is 3.25 bits per heavy atom. The minimum Gasteiger partial charge on any atom is -0.397 e. The predicted octanol–water partition coefficient (Wildman–Crippen LogP) is 1.72. The summed E-state index contributed by atoms with van der Waals surface area (Å²) >= 11 is 1.45. The van der Waals surface area contributed by atoms with Crippen molar-refractivity contribution < 1.29 is 9.53 Å². The molecular weight excluding hydrogens is 274 g/mol. The van der Waals surface area contributed by atoms with Gasteiger partial charge in [-0.05, 0) is 12.5 Å². The van der Waals surface area contributed by atoms with Crippen molar-refractivity contribution in [2.24, 2.45) is 5.92 Å². The number of nitrogens with two attached hydrogens (primary N) is 1. The number of carbonyl (C=O) groups excluding carboxylic acids is 1. The van der Waals surface area contributed by atoms with Crippen LogP contribution in [0.1, 0.15) is 16.1 Å². The van der Waals surface area contributed by atoms with Crippen LogP contribution in [0, 0.1) is 5.92 Å². The van der Waals surface area contributed by atoms with Crippen LogP contribution in [0.2, 0.25) is 0 Å². The van der Waals surface area contributed by atoms with Crippen LogP contribution in [-0.2, 0) is 4.74 Å². The molecule has 0 aromatic carbocycles. The van der Waals surface area contributed by atoms with Crippen molar-refractivity contribution in [3.63, 3.8) is 0 Å². The topological polar surface area (TPSA) is 67.6 Å². The maximum absolute atomic E-state index is 12.0. The van der Waals surface area contributed by atoms with Crippen molar-refractivity contribution in [1.29, 1.82) is 0 Å². The molecule has 1 aliphatic rings. The number of hydrogen-bond acceptors (Lipinski definition) is 5. The third kappa shape index (κ3) is 3.32. The number of thiophene rings is 1. The summed E-state index contributed by atoms with van der Waals surface area (Å²) in [6.07, 6.45) is 2.77. The molecule has 1 atom stereocenters. The zero-order chi connectivity index (χ0) is 14.5. The molecule has 1 fully saturated rings. The van der Waals surface area contributed by atoms with Gasteiger partial charge in [0.1, 0.15) is 4.88 Å². The third-order valence-corrected chi connectivity index (χ3v) is 4.57. The van der Waals surface area contributed by atoms with E-state index in [1.165, 1.54) is 11.3 Å². The molecule has 2 heterocycles. The van der Waals surface area contributed by atoms with E-state index < -0.39 is 0 Å². The molecule has 0 saturated carbocycles. The largest absolute Gasteiger partial charge is 0.397 e. The smallest absolute Gasteiger partial charge is 0.263 e. The zero-order valence-electron chi connectivity index (χ0n) is 11.7. The first-order valence-corrected chi connectivity index (χ1v) is 7.49. The van der Waals surface area contributed by atoms with Crippen molar-refractivity contribution >= 4 is 27.9 Å². The van der Waals surface area contributed by atoms with Gasteiger partial charge >= 0.3 is 0 Å². The summed E-state index contributed by atoms with van der Waals surface area (Å²) in [4.78, 5) is 14.8. The first-order valence-electron chi connectivity index (χ1n) is 6.68. The van der Waals surface area contributed by atoms with Crippen LogP contribution in [0.4, 0.5) is 10.7 Å². The Hall–Kier alpha value is -1.53. The second-order valence-electron chi connectivity index (χ2n) is 4.92. The summed E-state index contributed by atoms with van der Waals surface area (Å²) < 4.78 is 5.20. The number of hydrogen-bond donors (Lipinski definition) is 2. The van der Waals surface area contributed by atoms with Gasteiger partial charge < -0.3 is 20.7 Å². The van der Waals surface area contributed by atoms with Crippen LogP contribution in [-0.4, -0.2) is 39.3 Å². The average Bonchev–Trinajstić information content (AvgIpc) is 3.03. The van der Waals surface area contributed by atoms with Gasteiger partial charge in [-0.3, -0.25) is 4.79 Å². The predicted molar refractivity (Wildman–Crippen MR) is 83.5 cm³/mol. The zero-order valence-corrected chi connectivity index (χ0v) is 12.5. The van der Waals surface area contributed by atoms with E-state index in [0.717, 1.165) is 31.1 Å². The number of rotatable bonds is 6. The number of ether oxygens (including phenoxy) is 1. The quantitative estimate of drug-likeness (QED) is 0.784. The van der Waals surface area contributed by atoms with Gasteiger partial charge in [-0.2, -0.15) is 0 Å². The molecule has 0 bridgehead atoms. The second-order valence-corrected chi connectivity index (χ2v) is 5.95. The summed E-state index contributed by atoms with van der Waals surface area (Å²) in [6, 6.07) is 1.89. The second kappa shape index (κ2) is 6.76. The third-order valence-electron chi connectivity index (χ3n) is 3.36. The van der Waals surface area contributed by atoms with Crippen molar-refractivity contribution in [3.8, 4) is 0 Å². The molecule has 0 aliphatic carbocycles. The molecule has 1 aromatic rings. The van der Waals surface area contributed by atoms with Gasteiger partial charge in [0.05, 0.1) is 17.3 Å². The molecule has 3 N–H and O–H groups in total. The molecule has 5 nitrogen and oxygen atoms in total. The van der Waals surface area contributed by atoms with Gasteiger partial charge in [0.25, 0.3) is 5.91 Å². The Morgan fingerprint density at radius 1 is 1.75 bits per heavy atom. The van der Waals surface area contributed by atoms with E-state index in [4.69, 9.17) is 10.5 Å². The SMILES string of the molecule is C=CCNC(=O)c1sc(N2CCC(COC)C2)cc1N. The highest BCUT2D eigenvalue weighted by molar-refractivity contribution is 7.18. The van der Waals surface area contributed by atoms with Crippen molar-refractivity contribution in [3.05, 3.63) is 23.6 Å². The highest BCUT2D eigenvalue weighted by atomic mass is 32.1. The van der Waals surface area contributed by atoms with E-state index in [0.29, 0.717) is 23.0 Å². The number of nitrogens with one attached hydrogen (secondary N) is 1. The molecule has 2 rings (SSSR count). The number of methoxy groups -OCH3 is 1. The van der Waals surface area contributed by atoms with Gasteiger partial charge in [0.15, 0.2) is 0 Å². The van der Waals surface area contributed by atoms with Gasteiger partial charge in [0, 0.05) is 32.7 Å². The molecule has 1 unspecified atom stereocenters. The van der Waals surface area contributed by atoms with Crippen LogP contribution < -0.4 is 16.0 Å². The molecule has 1 aliphatic heterocycles. The van der Waals surface area contributed by atoms with E-state index in [1.54, 1.807) is 13.2 Å². The van der Waals surface area contributed by atoms with Crippen LogP contribution >= 0.6 is 11.3 Å². The lowest BCUT2D eigenvalue weighted by Gasteiger charge is -2.15. The lowest BCUT2D eigenvalue weighted by Crippen LogP contribution is -2.23. The van der Waals surface area contributed by atoms with Crippen molar-refractivity contribution in [1.82, 2.24) is 5.32 Å². The number of anilines is 2. The summed E-state index contributed by atoms with van der Waals surface area (Å²) in [7, 11) is 1.73. The molecule has 1 aromatic heterocycles. The summed E-state index contributed by atoms with van der Waals surface area (Å²) in [5.41, 5.74) is 6.49. The number of nitrogens with zero attached hydrogens (tertiary/aromatic N) is 1. The Morgan fingerprint density at radius 2 is 2.55 bits per heavy atom. The van der Waals surface area contributed by atoms with E-state index in [9.17, 15) is 4.79 Å². The van der Waals surface area contributed by atoms with Crippen LogP contribution in [0.3, 0.4) is 0 Å².